The Kier molecular flexibility index (Phi) is 2.94. The molecule has 1 aromatic heterocycles. The molecule has 5 rings (SSSR count). The molecular formula is C19H16N4O2. The van der Waals surface area contributed by atoms with Crippen molar-refractivity contribution >= 4 is 34.2 Å². The normalized spacial score (nSPS) is 17.0. The third-order valence-corrected chi connectivity index (χ3v) is 4.82. The van der Waals surface area contributed by atoms with E-state index < -0.39 is 0 Å². The maximum Gasteiger partial charge on any atom is 0.258 e. The fourth-order valence-corrected chi connectivity index (χ4v) is 3.47. The van der Waals surface area contributed by atoms with E-state index in [1.54, 1.807) is 23.4 Å². The molecule has 1 fully saturated rings. The average molecular weight is 332 g/mol. The van der Waals surface area contributed by atoms with E-state index in [0.717, 1.165) is 35.2 Å². The van der Waals surface area contributed by atoms with E-state index in [1.807, 2.05) is 35.2 Å². The van der Waals surface area contributed by atoms with Crippen LogP contribution in [0.15, 0.2) is 48.8 Å². The van der Waals surface area contributed by atoms with Gasteiger partial charge in [0.2, 0.25) is 5.91 Å². The molecule has 25 heavy (non-hydrogen) atoms. The minimum atomic E-state index is -0.173. The fourth-order valence-electron chi connectivity index (χ4n) is 3.47. The second-order valence-electron chi connectivity index (χ2n) is 6.51. The first-order valence-corrected chi connectivity index (χ1v) is 8.38. The number of hydrogen-bond acceptors (Lipinski definition) is 3. The highest BCUT2D eigenvalue weighted by molar-refractivity contribution is 6.16. The summed E-state index contributed by atoms with van der Waals surface area (Å²) in [4.78, 5) is 36.4. The monoisotopic (exact) mass is 332 g/mol. The number of H-pyrrole nitrogens is 1. The Morgan fingerprint density at radius 3 is 2.72 bits per heavy atom. The van der Waals surface area contributed by atoms with Gasteiger partial charge in [-0.3, -0.25) is 14.5 Å². The van der Waals surface area contributed by atoms with Crippen LogP contribution in [0.1, 0.15) is 23.2 Å². The molecule has 1 aliphatic carbocycles. The largest absolute Gasteiger partial charge is 0.345 e. The summed E-state index contributed by atoms with van der Waals surface area (Å²) >= 11 is 0. The van der Waals surface area contributed by atoms with Crippen LogP contribution in [-0.2, 0) is 4.79 Å². The van der Waals surface area contributed by atoms with Gasteiger partial charge in [-0.15, -0.1) is 0 Å². The number of rotatable bonds is 2. The van der Waals surface area contributed by atoms with Crippen LogP contribution in [0.3, 0.4) is 0 Å². The van der Waals surface area contributed by atoms with Crippen molar-refractivity contribution < 1.29 is 9.59 Å². The second kappa shape index (κ2) is 5.17. The van der Waals surface area contributed by atoms with Crippen molar-refractivity contribution in [3.8, 4) is 0 Å². The Morgan fingerprint density at radius 1 is 1.12 bits per heavy atom. The predicted molar refractivity (Wildman–Crippen MR) is 94.7 cm³/mol. The summed E-state index contributed by atoms with van der Waals surface area (Å²) in [6.45, 7) is 0.0767. The number of hydrogen-bond donors (Lipinski definition) is 1. The van der Waals surface area contributed by atoms with Gasteiger partial charge in [-0.25, -0.2) is 4.98 Å². The summed E-state index contributed by atoms with van der Waals surface area (Å²) in [5.41, 5.74) is 3.79. The number of aromatic amines is 1. The molecule has 2 heterocycles. The number of para-hydroxylation sites is 2. The van der Waals surface area contributed by atoms with Gasteiger partial charge in [-0.05, 0) is 43.2 Å². The highest BCUT2D eigenvalue weighted by Gasteiger charge is 2.40. The van der Waals surface area contributed by atoms with Crippen LogP contribution in [0.25, 0.3) is 11.0 Å². The number of amides is 2. The summed E-state index contributed by atoms with van der Waals surface area (Å²) < 4.78 is 0. The van der Waals surface area contributed by atoms with Gasteiger partial charge in [-0.2, -0.15) is 0 Å². The van der Waals surface area contributed by atoms with Crippen LogP contribution in [0, 0.1) is 0 Å². The minimum absolute atomic E-state index is 0.0165. The third-order valence-electron chi connectivity index (χ3n) is 4.82. The molecular weight excluding hydrogens is 316 g/mol. The maximum atomic E-state index is 13.1. The first-order valence-electron chi connectivity index (χ1n) is 8.38. The summed E-state index contributed by atoms with van der Waals surface area (Å²) in [6, 6.07) is 13.3. The van der Waals surface area contributed by atoms with Crippen molar-refractivity contribution in [2.24, 2.45) is 0 Å². The Morgan fingerprint density at radius 2 is 1.92 bits per heavy atom. The molecule has 0 spiro atoms. The number of carbonyl (C=O) groups is 2. The molecule has 1 aliphatic heterocycles. The number of nitrogens with zero attached hydrogens (tertiary/aromatic N) is 3. The maximum absolute atomic E-state index is 13.1. The van der Waals surface area contributed by atoms with Crippen LogP contribution < -0.4 is 9.80 Å². The van der Waals surface area contributed by atoms with Crippen LogP contribution in [0.5, 0.6) is 0 Å². The molecule has 6 heteroatoms. The molecule has 0 saturated heterocycles. The molecule has 2 aromatic carbocycles. The first-order chi connectivity index (χ1) is 12.2. The average Bonchev–Trinajstić information content (AvgIpc) is 3.35. The van der Waals surface area contributed by atoms with Crippen molar-refractivity contribution in [2.75, 3.05) is 16.3 Å². The summed E-state index contributed by atoms with van der Waals surface area (Å²) in [7, 11) is 0. The lowest BCUT2D eigenvalue weighted by Crippen LogP contribution is -2.49. The number of imidazole rings is 1. The standard InChI is InChI=1S/C19H16N4O2/c24-18-10-22(16-3-1-2-4-17(16)23(18)13-6-7-13)19(25)12-5-8-14-15(9-12)21-11-20-14/h1-5,8-9,11,13H,6-7,10H2,(H,20,21). The Balaban J connectivity index is 1.57. The molecule has 0 atom stereocenters. The molecule has 6 nitrogen and oxygen atoms in total. The van der Waals surface area contributed by atoms with Gasteiger partial charge in [0.1, 0.15) is 6.54 Å². The van der Waals surface area contributed by atoms with Crippen molar-refractivity contribution in [1.29, 1.82) is 0 Å². The zero-order chi connectivity index (χ0) is 17.0. The summed E-state index contributed by atoms with van der Waals surface area (Å²) in [5, 5.41) is 0. The molecule has 2 aliphatic rings. The molecule has 1 N–H and O–H groups in total. The molecule has 0 bridgehead atoms. The van der Waals surface area contributed by atoms with E-state index >= 15 is 0 Å². The molecule has 0 unspecified atom stereocenters. The van der Waals surface area contributed by atoms with Crippen molar-refractivity contribution in [1.82, 2.24) is 9.97 Å². The smallest absolute Gasteiger partial charge is 0.258 e. The van der Waals surface area contributed by atoms with Gasteiger partial charge in [0.15, 0.2) is 0 Å². The van der Waals surface area contributed by atoms with E-state index in [1.165, 1.54) is 0 Å². The number of fused-ring (bicyclic) bond motifs is 2. The summed E-state index contributed by atoms with van der Waals surface area (Å²) in [6.07, 6.45) is 3.67. The lowest BCUT2D eigenvalue weighted by atomic mass is 10.1. The van der Waals surface area contributed by atoms with Crippen molar-refractivity contribution in [3.05, 3.63) is 54.4 Å². The highest BCUT2D eigenvalue weighted by atomic mass is 16.2. The van der Waals surface area contributed by atoms with Gasteiger partial charge in [0, 0.05) is 11.6 Å². The Bertz CT molecular complexity index is 1010. The zero-order valence-corrected chi connectivity index (χ0v) is 13.5. The molecule has 2 amide bonds. The molecule has 1 saturated carbocycles. The van der Waals surface area contributed by atoms with Crippen molar-refractivity contribution in [3.63, 3.8) is 0 Å². The lowest BCUT2D eigenvalue weighted by molar-refractivity contribution is -0.117. The van der Waals surface area contributed by atoms with Gasteiger partial charge in [-0.1, -0.05) is 12.1 Å². The Hall–Kier alpha value is -3.15. The molecule has 0 radical (unpaired) electrons. The summed E-state index contributed by atoms with van der Waals surface area (Å²) in [5.74, 6) is -0.190. The Labute approximate surface area is 144 Å². The van der Waals surface area contributed by atoms with Crippen molar-refractivity contribution in [2.45, 2.75) is 18.9 Å². The predicted octanol–water partition coefficient (Wildman–Crippen LogP) is 2.72. The topological polar surface area (TPSA) is 69.3 Å². The quantitative estimate of drug-likeness (QED) is 0.784. The molecule has 3 aromatic rings. The van der Waals surface area contributed by atoms with E-state index in [9.17, 15) is 9.59 Å². The number of anilines is 2. The SMILES string of the molecule is O=C(c1ccc2nc[nH]c2c1)N1CC(=O)N(C2CC2)c2ccccc21. The van der Waals surface area contributed by atoms with E-state index in [-0.39, 0.29) is 24.4 Å². The van der Waals surface area contributed by atoms with Gasteiger partial charge >= 0.3 is 0 Å². The lowest BCUT2D eigenvalue weighted by Gasteiger charge is -2.36. The van der Waals surface area contributed by atoms with Crippen LogP contribution in [0.2, 0.25) is 0 Å². The van der Waals surface area contributed by atoms with Gasteiger partial charge in [0.05, 0.1) is 28.7 Å². The number of benzene rings is 2. The van der Waals surface area contributed by atoms with E-state index in [2.05, 4.69) is 9.97 Å². The molecule has 124 valence electrons. The second-order valence-corrected chi connectivity index (χ2v) is 6.51. The first kappa shape index (κ1) is 14.2. The number of carbonyl (C=O) groups excluding carboxylic acids is 2. The van der Waals surface area contributed by atoms with E-state index in [0.29, 0.717) is 5.56 Å². The minimum Gasteiger partial charge on any atom is -0.345 e. The van der Waals surface area contributed by atoms with E-state index in [4.69, 9.17) is 0 Å². The highest BCUT2D eigenvalue weighted by Crippen LogP contribution is 2.40. The van der Waals surface area contributed by atoms with Crippen LogP contribution >= 0.6 is 0 Å². The van der Waals surface area contributed by atoms with Gasteiger partial charge in [0.25, 0.3) is 5.91 Å². The number of nitrogens with one attached hydrogen (secondary N) is 1. The van der Waals surface area contributed by atoms with Gasteiger partial charge < -0.3 is 9.88 Å². The fraction of sp³-hybridized carbons (Fsp3) is 0.211. The van der Waals surface area contributed by atoms with Crippen LogP contribution in [0.4, 0.5) is 11.4 Å². The zero-order valence-electron chi connectivity index (χ0n) is 13.5. The third kappa shape index (κ3) is 2.21. The number of aromatic nitrogens is 2. The van der Waals surface area contributed by atoms with Crippen LogP contribution in [-0.4, -0.2) is 34.4 Å².